The summed E-state index contributed by atoms with van der Waals surface area (Å²) < 4.78 is 51.8. The van der Waals surface area contributed by atoms with Gasteiger partial charge >= 0.3 is 0 Å². The summed E-state index contributed by atoms with van der Waals surface area (Å²) in [6, 6.07) is 6.13. The number of anilines is 3. The molecule has 0 radical (unpaired) electrons. The second-order valence-corrected chi connectivity index (χ2v) is 6.04. The van der Waals surface area contributed by atoms with Gasteiger partial charge in [-0.3, -0.25) is 4.72 Å². The number of aromatic nitrogens is 2. The van der Waals surface area contributed by atoms with Gasteiger partial charge < -0.3 is 5.32 Å². The van der Waals surface area contributed by atoms with E-state index >= 15 is 0 Å². The average molecular weight is 314 g/mol. The maximum atomic E-state index is 13.4. The summed E-state index contributed by atoms with van der Waals surface area (Å²) in [5.74, 6) is -1.54. The van der Waals surface area contributed by atoms with Crippen LogP contribution in [0.3, 0.4) is 0 Å². The normalized spacial score (nSPS) is 11.2. The second kappa shape index (κ2) is 6.00. The molecule has 0 saturated carbocycles. The third-order valence-corrected chi connectivity index (χ3v) is 3.80. The highest BCUT2D eigenvalue weighted by Gasteiger charge is 2.11. The van der Waals surface area contributed by atoms with Gasteiger partial charge in [0.15, 0.2) is 11.6 Å². The van der Waals surface area contributed by atoms with E-state index in [-0.39, 0.29) is 23.1 Å². The van der Waals surface area contributed by atoms with E-state index in [2.05, 4.69) is 20.2 Å². The van der Waals surface area contributed by atoms with Gasteiger partial charge in [0, 0.05) is 0 Å². The van der Waals surface area contributed by atoms with Crippen molar-refractivity contribution in [3.63, 3.8) is 0 Å². The number of hydrogen-bond donors (Lipinski definition) is 2. The molecule has 0 saturated heterocycles. The molecule has 112 valence electrons. The first kappa shape index (κ1) is 15.1. The topological polar surface area (TPSA) is 84.0 Å². The number of rotatable bonds is 5. The van der Waals surface area contributed by atoms with Crippen molar-refractivity contribution in [1.29, 1.82) is 0 Å². The third kappa shape index (κ3) is 3.85. The zero-order chi connectivity index (χ0) is 15.5. The monoisotopic (exact) mass is 314 g/mol. The van der Waals surface area contributed by atoms with Gasteiger partial charge in [-0.2, -0.15) is 0 Å². The Morgan fingerprint density at radius 1 is 1.05 bits per heavy atom. The first-order valence-corrected chi connectivity index (χ1v) is 7.62. The molecule has 0 fully saturated rings. The van der Waals surface area contributed by atoms with Gasteiger partial charge in [0.05, 0.1) is 5.75 Å². The van der Waals surface area contributed by atoms with Crippen molar-refractivity contribution >= 4 is 27.3 Å². The van der Waals surface area contributed by atoms with Crippen LogP contribution in [-0.4, -0.2) is 24.4 Å². The summed E-state index contributed by atoms with van der Waals surface area (Å²) >= 11 is 0. The van der Waals surface area contributed by atoms with Gasteiger partial charge in [0.2, 0.25) is 10.0 Å². The van der Waals surface area contributed by atoms with Crippen LogP contribution in [0.15, 0.2) is 30.3 Å². The molecule has 0 aliphatic rings. The Kier molecular flexibility index (Phi) is 4.32. The number of para-hydroxylation sites is 1. The Balaban J connectivity index is 2.17. The molecule has 21 heavy (non-hydrogen) atoms. The molecule has 2 N–H and O–H groups in total. The lowest BCUT2D eigenvalue weighted by Gasteiger charge is -2.08. The number of sulfonamides is 1. The fourth-order valence-corrected chi connectivity index (χ4v) is 2.00. The first-order valence-electron chi connectivity index (χ1n) is 5.96. The molecule has 0 amide bonds. The molecule has 0 aliphatic carbocycles. The van der Waals surface area contributed by atoms with Gasteiger partial charge in [-0.05, 0) is 31.2 Å². The molecule has 1 heterocycles. The van der Waals surface area contributed by atoms with Crippen molar-refractivity contribution in [2.75, 3.05) is 15.8 Å². The zero-order valence-corrected chi connectivity index (χ0v) is 11.8. The van der Waals surface area contributed by atoms with Crippen molar-refractivity contribution in [2.45, 2.75) is 6.92 Å². The van der Waals surface area contributed by atoms with Gasteiger partial charge in [0.25, 0.3) is 0 Å². The number of benzene rings is 1. The van der Waals surface area contributed by atoms with Crippen molar-refractivity contribution in [1.82, 2.24) is 10.2 Å². The lowest BCUT2D eigenvalue weighted by atomic mass is 10.3. The summed E-state index contributed by atoms with van der Waals surface area (Å²) in [5.41, 5.74) is -0.353. The molecular formula is C12H12F2N4O2S. The maximum Gasteiger partial charge on any atom is 0.233 e. The SMILES string of the molecule is CCS(=O)(=O)Nc1ccc(Nc2c(F)cccc2F)nn1. The van der Waals surface area contributed by atoms with E-state index in [1.807, 2.05) is 0 Å². The minimum atomic E-state index is -3.45. The summed E-state index contributed by atoms with van der Waals surface area (Å²) in [5, 5.41) is 9.72. The molecule has 6 nitrogen and oxygen atoms in total. The van der Waals surface area contributed by atoms with Crippen LogP contribution in [0.1, 0.15) is 6.92 Å². The quantitative estimate of drug-likeness (QED) is 0.884. The van der Waals surface area contributed by atoms with Gasteiger partial charge in [0.1, 0.15) is 17.3 Å². The summed E-state index contributed by atoms with van der Waals surface area (Å²) in [6.45, 7) is 1.48. The predicted molar refractivity (Wildman–Crippen MR) is 74.8 cm³/mol. The van der Waals surface area contributed by atoms with Crippen LogP contribution in [0.5, 0.6) is 0 Å². The van der Waals surface area contributed by atoms with E-state index in [0.29, 0.717) is 0 Å². The molecular weight excluding hydrogens is 302 g/mol. The molecule has 0 unspecified atom stereocenters. The Bertz CT molecular complexity index is 715. The molecule has 1 aromatic heterocycles. The molecule has 9 heteroatoms. The standard InChI is InChI=1S/C12H12F2N4O2S/c1-2-21(19,20)18-11-7-6-10(16-17-11)15-12-8(13)4-3-5-9(12)14/h3-7H,2H2,1H3,(H,15,16)(H,17,18). The Morgan fingerprint density at radius 3 is 2.14 bits per heavy atom. The van der Waals surface area contributed by atoms with Crippen LogP contribution in [0, 0.1) is 11.6 Å². The third-order valence-electron chi connectivity index (χ3n) is 2.52. The fourth-order valence-electron chi connectivity index (χ4n) is 1.43. The Morgan fingerprint density at radius 2 is 1.62 bits per heavy atom. The maximum absolute atomic E-state index is 13.4. The van der Waals surface area contributed by atoms with E-state index in [9.17, 15) is 17.2 Å². The molecule has 2 rings (SSSR count). The highest BCUT2D eigenvalue weighted by molar-refractivity contribution is 7.92. The van der Waals surface area contributed by atoms with Crippen LogP contribution in [0.2, 0.25) is 0 Å². The first-order chi connectivity index (χ1) is 9.91. The van der Waals surface area contributed by atoms with E-state index in [1.54, 1.807) is 0 Å². The lowest BCUT2D eigenvalue weighted by molar-refractivity contribution is 0.590. The summed E-state index contributed by atoms with van der Waals surface area (Å²) in [7, 11) is -3.45. The summed E-state index contributed by atoms with van der Waals surface area (Å²) in [4.78, 5) is 0. The van der Waals surface area contributed by atoms with Crippen LogP contribution >= 0.6 is 0 Å². The van der Waals surface area contributed by atoms with E-state index < -0.39 is 21.7 Å². The van der Waals surface area contributed by atoms with E-state index in [0.717, 1.165) is 12.1 Å². The minimum absolute atomic E-state index is 0.0244. The molecule has 0 aliphatic heterocycles. The average Bonchev–Trinajstić information content (AvgIpc) is 2.45. The summed E-state index contributed by atoms with van der Waals surface area (Å²) in [6.07, 6.45) is 0. The number of nitrogens with zero attached hydrogens (tertiary/aromatic N) is 2. The van der Waals surface area contributed by atoms with Gasteiger partial charge in [-0.15, -0.1) is 10.2 Å². The van der Waals surface area contributed by atoms with Crippen molar-refractivity contribution < 1.29 is 17.2 Å². The highest BCUT2D eigenvalue weighted by atomic mass is 32.2. The largest absolute Gasteiger partial charge is 0.334 e. The molecule has 0 atom stereocenters. The van der Waals surface area contributed by atoms with Crippen LogP contribution in [0.4, 0.5) is 26.1 Å². The van der Waals surface area contributed by atoms with Crippen LogP contribution in [0.25, 0.3) is 0 Å². The number of nitrogens with one attached hydrogen (secondary N) is 2. The second-order valence-electron chi connectivity index (χ2n) is 4.03. The van der Waals surface area contributed by atoms with Crippen molar-refractivity contribution in [3.8, 4) is 0 Å². The van der Waals surface area contributed by atoms with E-state index in [4.69, 9.17) is 0 Å². The lowest BCUT2D eigenvalue weighted by Crippen LogP contribution is -2.16. The Labute approximate surface area is 120 Å². The van der Waals surface area contributed by atoms with Crippen LogP contribution < -0.4 is 10.0 Å². The highest BCUT2D eigenvalue weighted by Crippen LogP contribution is 2.22. The molecule has 0 spiro atoms. The van der Waals surface area contributed by atoms with Gasteiger partial charge in [-0.1, -0.05) is 6.07 Å². The molecule has 2 aromatic rings. The predicted octanol–water partition coefficient (Wildman–Crippen LogP) is 2.26. The number of hydrogen-bond acceptors (Lipinski definition) is 5. The number of halogens is 2. The smallest absolute Gasteiger partial charge is 0.233 e. The molecule has 0 bridgehead atoms. The molecule has 1 aromatic carbocycles. The zero-order valence-electron chi connectivity index (χ0n) is 11.0. The van der Waals surface area contributed by atoms with Crippen LogP contribution in [-0.2, 0) is 10.0 Å². The van der Waals surface area contributed by atoms with Crippen molar-refractivity contribution in [2.24, 2.45) is 0 Å². The van der Waals surface area contributed by atoms with E-state index in [1.165, 1.54) is 25.1 Å². The minimum Gasteiger partial charge on any atom is -0.334 e. The fraction of sp³-hybridized carbons (Fsp3) is 0.167. The van der Waals surface area contributed by atoms with Gasteiger partial charge in [-0.25, -0.2) is 17.2 Å². The Hall–Kier alpha value is -2.29. The van der Waals surface area contributed by atoms with Crippen molar-refractivity contribution in [3.05, 3.63) is 42.0 Å².